The molecule has 0 rings (SSSR count). The minimum Gasteiger partial charge on any atom is -0.379 e. The van der Waals surface area contributed by atoms with Gasteiger partial charge in [0.1, 0.15) is 0 Å². The second-order valence-corrected chi connectivity index (χ2v) is 7.38. The van der Waals surface area contributed by atoms with E-state index in [4.69, 9.17) is 4.74 Å². The van der Waals surface area contributed by atoms with Gasteiger partial charge in [-0.2, -0.15) is 0 Å². The molecule has 27 heavy (non-hydrogen) atoms. The molecule has 0 aliphatic rings. The Labute approximate surface area is 167 Å². The molecule has 0 bridgehead atoms. The van der Waals surface area contributed by atoms with Gasteiger partial charge in [-0.1, -0.05) is 84.0 Å². The van der Waals surface area contributed by atoms with E-state index in [2.05, 4.69) is 17.6 Å². The lowest BCUT2D eigenvalue weighted by molar-refractivity contribution is -0.123. The summed E-state index contributed by atoms with van der Waals surface area (Å²) in [6.45, 7) is 3.64. The van der Waals surface area contributed by atoms with E-state index >= 15 is 0 Å². The molecule has 0 atom stereocenters. The largest absolute Gasteiger partial charge is 0.379 e. The summed E-state index contributed by atoms with van der Waals surface area (Å²) in [4.78, 5) is 22.7. The highest BCUT2D eigenvalue weighted by Crippen LogP contribution is 2.12. The molecule has 0 aromatic rings. The molecule has 5 heteroatoms. The van der Waals surface area contributed by atoms with Gasteiger partial charge in [0, 0.05) is 26.4 Å². The van der Waals surface area contributed by atoms with E-state index < -0.39 is 0 Å². The summed E-state index contributed by atoms with van der Waals surface area (Å²) in [5.74, 6) is 0.0782. The SMILES string of the molecule is CCCCCCCCCCCCCCCC(=O)NCCOCCC(=O)NC. The average molecular weight is 385 g/mol. The van der Waals surface area contributed by atoms with Crippen LogP contribution in [0.3, 0.4) is 0 Å². The zero-order valence-electron chi connectivity index (χ0n) is 18.0. The zero-order chi connectivity index (χ0) is 20.0. The highest BCUT2D eigenvalue weighted by molar-refractivity contribution is 5.76. The number of amides is 2. The lowest BCUT2D eigenvalue weighted by atomic mass is 10.0. The summed E-state index contributed by atoms with van der Waals surface area (Å²) in [6, 6.07) is 0. The summed E-state index contributed by atoms with van der Waals surface area (Å²) in [7, 11) is 1.61. The number of hydrogen-bond acceptors (Lipinski definition) is 3. The third-order valence-corrected chi connectivity index (χ3v) is 4.83. The third kappa shape index (κ3) is 21.1. The summed E-state index contributed by atoms with van der Waals surface area (Å²) < 4.78 is 5.30. The van der Waals surface area contributed by atoms with Gasteiger partial charge in [-0.15, -0.1) is 0 Å². The molecule has 0 spiro atoms. The summed E-state index contributed by atoms with van der Waals surface area (Å²) in [5, 5.41) is 5.41. The Morgan fingerprint density at radius 2 is 1.19 bits per heavy atom. The Morgan fingerprint density at radius 1 is 0.667 bits per heavy atom. The second kappa shape index (κ2) is 21.2. The molecule has 0 unspecified atom stereocenters. The van der Waals surface area contributed by atoms with Crippen LogP contribution in [0.2, 0.25) is 0 Å². The molecule has 0 saturated heterocycles. The molecule has 0 aliphatic carbocycles. The van der Waals surface area contributed by atoms with E-state index in [-0.39, 0.29) is 11.8 Å². The number of carbonyl (C=O) groups is 2. The van der Waals surface area contributed by atoms with Crippen molar-refractivity contribution in [1.82, 2.24) is 10.6 Å². The normalized spacial score (nSPS) is 10.7. The van der Waals surface area contributed by atoms with Gasteiger partial charge < -0.3 is 15.4 Å². The molecule has 2 N–H and O–H groups in total. The maximum absolute atomic E-state index is 11.7. The van der Waals surface area contributed by atoms with E-state index in [1.165, 1.54) is 70.6 Å². The first-order valence-corrected chi connectivity index (χ1v) is 11.3. The third-order valence-electron chi connectivity index (χ3n) is 4.83. The second-order valence-electron chi connectivity index (χ2n) is 7.38. The molecule has 0 fully saturated rings. The number of unbranched alkanes of at least 4 members (excludes halogenated alkanes) is 12. The molecule has 0 saturated carbocycles. The first kappa shape index (κ1) is 25.9. The van der Waals surface area contributed by atoms with Crippen LogP contribution in [-0.4, -0.2) is 38.6 Å². The summed E-state index contributed by atoms with van der Waals surface area (Å²) in [6.07, 6.45) is 18.1. The van der Waals surface area contributed by atoms with Crippen LogP contribution in [0, 0.1) is 0 Å². The minimum absolute atomic E-state index is 0.0264. The minimum atomic E-state index is -0.0264. The number of rotatable bonds is 20. The number of hydrogen-bond donors (Lipinski definition) is 2. The number of carbonyl (C=O) groups excluding carboxylic acids is 2. The Balaban J connectivity index is 3.18. The molecule has 0 aliphatic heterocycles. The van der Waals surface area contributed by atoms with Gasteiger partial charge >= 0.3 is 0 Å². The molecular formula is C22H44N2O3. The average Bonchev–Trinajstić information content (AvgIpc) is 2.67. The van der Waals surface area contributed by atoms with Crippen molar-refractivity contribution in [2.75, 3.05) is 26.8 Å². The van der Waals surface area contributed by atoms with E-state index in [1.54, 1.807) is 7.05 Å². The molecule has 0 radical (unpaired) electrons. The Morgan fingerprint density at radius 3 is 1.70 bits per heavy atom. The Hall–Kier alpha value is -1.10. The van der Waals surface area contributed by atoms with Crippen molar-refractivity contribution >= 4 is 11.8 Å². The van der Waals surface area contributed by atoms with Crippen molar-refractivity contribution in [3.8, 4) is 0 Å². The van der Waals surface area contributed by atoms with Crippen LogP contribution in [0.5, 0.6) is 0 Å². The van der Waals surface area contributed by atoms with Crippen LogP contribution in [0.25, 0.3) is 0 Å². The lowest BCUT2D eigenvalue weighted by Crippen LogP contribution is -2.27. The van der Waals surface area contributed by atoms with Crippen molar-refractivity contribution in [2.24, 2.45) is 0 Å². The standard InChI is InChI=1S/C22H44N2O3/c1-3-4-5-6-7-8-9-10-11-12-13-14-15-16-22(26)24-18-20-27-19-17-21(25)23-2/h3-20H2,1-2H3,(H,23,25)(H,24,26). The van der Waals surface area contributed by atoms with E-state index in [0.29, 0.717) is 32.6 Å². The van der Waals surface area contributed by atoms with Crippen LogP contribution in [-0.2, 0) is 14.3 Å². The molecule has 0 aromatic carbocycles. The molecule has 0 aromatic heterocycles. The van der Waals surface area contributed by atoms with Crippen molar-refractivity contribution in [2.45, 2.75) is 103 Å². The highest BCUT2D eigenvalue weighted by atomic mass is 16.5. The highest BCUT2D eigenvalue weighted by Gasteiger charge is 2.01. The van der Waals surface area contributed by atoms with Crippen molar-refractivity contribution in [3.05, 3.63) is 0 Å². The maximum Gasteiger partial charge on any atom is 0.222 e. The van der Waals surface area contributed by atoms with Gasteiger partial charge in [0.15, 0.2) is 0 Å². The monoisotopic (exact) mass is 384 g/mol. The van der Waals surface area contributed by atoms with Gasteiger partial charge in [-0.25, -0.2) is 0 Å². The van der Waals surface area contributed by atoms with Crippen molar-refractivity contribution < 1.29 is 14.3 Å². The van der Waals surface area contributed by atoms with Gasteiger partial charge in [-0.3, -0.25) is 9.59 Å². The molecule has 5 nitrogen and oxygen atoms in total. The zero-order valence-corrected chi connectivity index (χ0v) is 18.0. The van der Waals surface area contributed by atoms with Gasteiger partial charge in [0.2, 0.25) is 11.8 Å². The van der Waals surface area contributed by atoms with Crippen molar-refractivity contribution in [3.63, 3.8) is 0 Å². The van der Waals surface area contributed by atoms with Crippen LogP contribution in [0.15, 0.2) is 0 Å². The molecular weight excluding hydrogens is 340 g/mol. The van der Waals surface area contributed by atoms with Crippen LogP contribution >= 0.6 is 0 Å². The lowest BCUT2D eigenvalue weighted by Gasteiger charge is -2.06. The molecule has 2 amide bonds. The fourth-order valence-electron chi connectivity index (χ4n) is 3.05. The Bertz CT molecular complexity index is 348. The van der Waals surface area contributed by atoms with Crippen LogP contribution in [0.1, 0.15) is 103 Å². The van der Waals surface area contributed by atoms with Gasteiger partial charge in [-0.05, 0) is 6.42 Å². The fraction of sp³-hybridized carbons (Fsp3) is 0.909. The maximum atomic E-state index is 11.7. The number of ether oxygens (including phenoxy) is 1. The fourth-order valence-corrected chi connectivity index (χ4v) is 3.05. The van der Waals surface area contributed by atoms with Gasteiger partial charge in [0.25, 0.3) is 0 Å². The molecule has 160 valence electrons. The van der Waals surface area contributed by atoms with Gasteiger partial charge in [0.05, 0.1) is 13.2 Å². The smallest absolute Gasteiger partial charge is 0.222 e. The first-order valence-electron chi connectivity index (χ1n) is 11.3. The van der Waals surface area contributed by atoms with Crippen LogP contribution in [0.4, 0.5) is 0 Å². The summed E-state index contributed by atoms with van der Waals surface area (Å²) >= 11 is 0. The number of nitrogens with one attached hydrogen (secondary N) is 2. The van der Waals surface area contributed by atoms with E-state index in [1.807, 2.05) is 0 Å². The van der Waals surface area contributed by atoms with E-state index in [9.17, 15) is 9.59 Å². The Kier molecular flexibility index (Phi) is 20.3. The van der Waals surface area contributed by atoms with Crippen LogP contribution < -0.4 is 10.6 Å². The molecule has 0 heterocycles. The van der Waals surface area contributed by atoms with E-state index in [0.717, 1.165) is 12.8 Å². The first-order chi connectivity index (χ1) is 13.2. The quantitative estimate of drug-likeness (QED) is 0.298. The topological polar surface area (TPSA) is 67.4 Å². The summed E-state index contributed by atoms with van der Waals surface area (Å²) in [5.41, 5.74) is 0. The predicted octanol–water partition coefficient (Wildman–Crippen LogP) is 4.74. The predicted molar refractivity (Wildman–Crippen MR) is 113 cm³/mol. The van der Waals surface area contributed by atoms with Crippen molar-refractivity contribution in [1.29, 1.82) is 0 Å².